The largest absolute Gasteiger partial charge is 0.380 e. The summed E-state index contributed by atoms with van der Waals surface area (Å²) in [5, 5.41) is 8.98. The molecule has 1 nitrogen and oxygen atoms in total. The molecule has 15 heavy (non-hydrogen) atoms. The van der Waals surface area contributed by atoms with Crippen LogP contribution in [0.1, 0.15) is 31.2 Å². The zero-order valence-corrected chi connectivity index (χ0v) is 11.1. The first-order valence-electron chi connectivity index (χ1n) is 5.63. The Morgan fingerprint density at radius 3 is 2.80 bits per heavy atom. The van der Waals surface area contributed by atoms with Crippen LogP contribution in [0.15, 0.2) is 10.8 Å². The van der Waals surface area contributed by atoms with E-state index < -0.39 is 0 Å². The molecule has 1 aliphatic carbocycles. The molecule has 1 heterocycles. The van der Waals surface area contributed by atoms with Crippen LogP contribution in [0.3, 0.4) is 0 Å². The van der Waals surface area contributed by atoms with E-state index in [1.807, 2.05) is 11.8 Å². The van der Waals surface area contributed by atoms with Crippen molar-refractivity contribution in [2.24, 2.45) is 0 Å². The average Bonchev–Trinajstić information content (AvgIpc) is 2.65. The molecular weight excluding hydrogens is 222 g/mol. The van der Waals surface area contributed by atoms with Crippen LogP contribution in [0.2, 0.25) is 0 Å². The Hall–Kier alpha value is -0.150. The summed E-state index contributed by atoms with van der Waals surface area (Å²) in [5.41, 5.74) is 2.75. The molecule has 1 N–H and O–H groups in total. The minimum Gasteiger partial charge on any atom is -0.380 e. The first kappa shape index (κ1) is 11.3. The summed E-state index contributed by atoms with van der Waals surface area (Å²) in [6.45, 7) is 2.19. The van der Waals surface area contributed by atoms with Crippen molar-refractivity contribution in [2.45, 2.75) is 43.9 Å². The second-order valence-corrected chi connectivity index (χ2v) is 6.10. The van der Waals surface area contributed by atoms with Gasteiger partial charge < -0.3 is 5.32 Å². The number of rotatable bonds is 3. The van der Waals surface area contributed by atoms with Crippen molar-refractivity contribution in [1.29, 1.82) is 0 Å². The van der Waals surface area contributed by atoms with Gasteiger partial charge in [-0.25, -0.2) is 0 Å². The van der Waals surface area contributed by atoms with Crippen molar-refractivity contribution in [3.05, 3.63) is 16.3 Å². The summed E-state index contributed by atoms with van der Waals surface area (Å²) in [6, 6.07) is 0.682. The molecule has 2 unspecified atom stereocenters. The van der Waals surface area contributed by atoms with E-state index in [1.165, 1.54) is 36.9 Å². The summed E-state index contributed by atoms with van der Waals surface area (Å²) < 4.78 is 0. The Morgan fingerprint density at radius 2 is 2.13 bits per heavy atom. The molecule has 0 saturated heterocycles. The van der Waals surface area contributed by atoms with Crippen molar-refractivity contribution in [1.82, 2.24) is 0 Å². The Balaban J connectivity index is 2.00. The van der Waals surface area contributed by atoms with Gasteiger partial charge in [-0.1, -0.05) is 12.8 Å². The van der Waals surface area contributed by atoms with Crippen LogP contribution in [0.4, 0.5) is 5.69 Å². The first-order chi connectivity index (χ1) is 7.31. The minimum absolute atomic E-state index is 0.682. The van der Waals surface area contributed by atoms with Gasteiger partial charge in [-0.3, -0.25) is 0 Å². The third-order valence-corrected chi connectivity index (χ3v) is 5.23. The van der Waals surface area contributed by atoms with E-state index >= 15 is 0 Å². The van der Waals surface area contributed by atoms with Gasteiger partial charge >= 0.3 is 0 Å². The van der Waals surface area contributed by atoms with Crippen LogP contribution >= 0.6 is 23.1 Å². The first-order valence-corrected chi connectivity index (χ1v) is 7.86. The Morgan fingerprint density at radius 1 is 1.33 bits per heavy atom. The lowest BCUT2D eigenvalue weighted by Crippen LogP contribution is -2.34. The van der Waals surface area contributed by atoms with Crippen molar-refractivity contribution < 1.29 is 0 Å². The molecule has 0 bridgehead atoms. The van der Waals surface area contributed by atoms with Crippen molar-refractivity contribution in [2.75, 3.05) is 11.6 Å². The predicted octanol–water partition coefficient (Wildman–Crippen LogP) is 4.14. The van der Waals surface area contributed by atoms with Crippen LogP contribution in [-0.4, -0.2) is 17.5 Å². The topological polar surface area (TPSA) is 12.0 Å². The third kappa shape index (κ3) is 2.70. The SMILES string of the molecule is CSC1CCCCC1Nc1cscc1C. The standard InChI is InChI=1S/C12H19NS2/c1-9-7-15-8-11(9)13-10-5-3-4-6-12(10)14-2/h7-8,10,12-13H,3-6H2,1-2H3. The Kier molecular flexibility index (Phi) is 3.98. The second kappa shape index (κ2) is 5.26. The van der Waals surface area contributed by atoms with Gasteiger partial charge in [-0.2, -0.15) is 11.8 Å². The molecular formula is C12H19NS2. The van der Waals surface area contributed by atoms with E-state index in [0.717, 1.165) is 5.25 Å². The Labute approximate surface area is 101 Å². The van der Waals surface area contributed by atoms with Crippen LogP contribution in [-0.2, 0) is 0 Å². The Bertz CT molecular complexity index is 308. The van der Waals surface area contributed by atoms with Gasteiger partial charge in [0.15, 0.2) is 0 Å². The van der Waals surface area contributed by atoms with E-state index in [1.54, 1.807) is 11.3 Å². The lowest BCUT2D eigenvalue weighted by Gasteiger charge is -2.31. The number of thiophene rings is 1. The van der Waals surface area contributed by atoms with Crippen molar-refractivity contribution in [3.63, 3.8) is 0 Å². The fraction of sp³-hybridized carbons (Fsp3) is 0.667. The highest BCUT2D eigenvalue weighted by molar-refractivity contribution is 7.99. The van der Waals surface area contributed by atoms with Crippen LogP contribution < -0.4 is 5.32 Å². The van der Waals surface area contributed by atoms with Crippen molar-refractivity contribution >= 4 is 28.8 Å². The number of hydrogen-bond donors (Lipinski definition) is 1. The molecule has 1 aliphatic rings. The third-order valence-electron chi connectivity index (χ3n) is 3.20. The fourth-order valence-corrected chi connectivity index (χ4v) is 3.98. The zero-order valence-electron chi connectivity index (χ0n) is 9.45. The van der Waals surface area contributed by atoms with E-state index in [9.17, 15) is 0 Å². The number of thioether (sulfide) groups is 1. The summed E-state index contributed by atoms with van der Waals surface area (Å²) in [4.78, 5) is 0. The highest BCUT2D eigenvalue weighted by Crippen LogP contribution is 2.31. The average molecular weight is 241 g/mol. The van der Waals surface area contributed by atoms with E-state index in [2.05, 4.69) is 29.3 Å². The van der Waals surface area contributed by atoms with Gasteiger partial charge in [0, 0.05) is 22.4 Å². The number of aryl methyl sites for hydroxylation is 1. The minimum atomic E-state index is 0.682. The highest BCUT2D eigenvalue weighted by atomic mass is 32.2. The summed E-state index contributed by atoms with van der Waals surface area (Å²) in [7, 11) is 0. The fourth-order valence-electron chi connectivity index (χ4n) is 2.25. The number of anilines is 1. The lowest BCUT2D eigenvalue weighted by atomic mass is 9.94. The summed E-state index contributed by atoms with van der Waals surface area (Å²) >= 11 is 3.82. The quantitative estimate of drug-likeness (QED) is 0.853. The van der Waals surface area contributed by atoms with Gasteiger partial charge in [0.25, 0.3) is 0 Å². The molecule has 3 heteroatoms. The molecule has 0 amide bonds. The molecule has 0 aliphatic heterocycles. The molecule has 1 fully saturated rings. The predicted molar refractivity (Wildman–Crippen MR) is 72.2 cm³/mol. The van der Waals surface area contributed by atoms with Crippen LogP contribution in [0.5, 0.6) is 0 Å². The van der Waals surface area contributed by atoms with Crippen LogP contribution in [0.25, 0.3) is 0 Å². The molecule has 1 aromatic rings. The highest BCUT2D eigenvalue weighted by Gasteiger charge is 2.24. The maximum absolute atomic E-state index is 3.72. The number of nitrogens with one attached hydrogen (secondary N) is 1. The summed E-state index contributed by atoms with van der Waals surface area (Å²) in [6.07, 6.45) is 7.75. The smallest absolute Gasteiger partial charge is 0.0481 e. The molecule has 2 atom stereocenters. The summed E-state index contributed by atoms with van der Waals surface area (Å²) in [5.74, 6) is 0. The van der Waals surface area contributed by atoms with Gasteiger partial charge in [-0.15, -0.1) is 11.3 Å². The molecule has 1 saturated carbocycles. The maximum Gasteiger partial charge on any atom is 0.0481 e. The van der Waals surface area contributed by atoms with Crippen LogP contribution in [0, 0.1) is 6.92 Å². The molecule has 0 spiro atoms. The number of hydrogen-bond acceptors (Lipinski definition) is 3. The molecule has 0 radical (unpaired) electrons. The van der Waals surface area contributed by atoms with E-state index in [-0.39, 0.29) is 0 Å². The normalized spacial score (nSPS) is 26.5. The van der Waals surface area contributed by atoms with Crippen molar-refractivity contribution in [3.8, 4) is 0 Å². The molecule has 1 aromatic heterocycles. The van der Waals surface area contributed by atoms with Gasteiger partial charge in [0.05, 0.1) is 0 Å². The van der Waals surface area contributed by atoms with E-state index in [4.69, 9.17) is 0 Å². The van der Waals surface area contributed by atoms with Gasteiger partial charge in [0.2, 0.25) is 0 Å². The molecule has 0 aromatic carbocycles. The maximum atomic E-state index is 3.72. The molecule has 84 valence electrons. The second-order valence-electron chi connectivity index (χ2n) is 4.28. The van der Waals surface area contributed by atoms with Gasteiger partial charge in [0.1, 0.15) is 0 Å². The lowest BCUT2D eigenvalue weighted by molar-refractivity contribution is 0.475. The monoisotopic (exact) mass is 241 g/mol. The van der Waals surface area contributed by atoms with E-state index in [0.29, 0.717) is 6.04 Å². The zero-order chi connectivity index (χ0) is 10.7. The van der Waals surface area contributed by atoms with Gasteiger partial charge in [-0.05, 0) is 37.0 Å². The molecule has 2 rings (SSSR count).